The molecule has 9 nitrogen and oxygen atoms in total. The summed E-state index contributed by atoms with van der Waals surface area (Å²) < 4.78 is 20.2. The molecule has 0 spiro atoms. The Morgan fingerprint density at radius 1 is 1.08 bits per heavy atom. The lowest BCUT2D eigenvalue weighted by atomic mass is 9.88. The Bertz CT molecular complexity index is 1160. The predicted octanol–water partition coefficient (Wildman–Crippen LogP) is 3.36. The van der Waals surface area contributed by atoms with Gasteiger partial charge >= 0.3 is 6.09 Å². The molecule has 196 valence electrons. The van der Waals surface area contributed by atoms with Crippen LogP contribution < -0.4 is 20.9 Å². The van der Waals surface area contributed by atoms with Crippen molar-refractivity contribution >= 4 is 35.1 Å². The molecule has 1 atom stereocenters. The molecule has 0 aliphatic carbocycles. The fourth-order valence-electron chi connectivity index (χ4n) is 4.73. The molecule has 3 N–H and O–H groups in total. The number of ether oxygens (including phenoxy) is 1. The predicted molar refractivity (Wildman–Crippen MR) is 136 cm³/mol. The third-order valence-electron chi connectivity index (χ3n) is 6.58. The van der Waals surface area contributed by atoms with Gasteiger partial charge in [0.2, 0.25) is 11.8 Å². The van der Waals surface area contributed by atoms with E-state index in [4.69, 9.17) is 4.74 Å². The number of amides is 3. The molecule has 2 heterocycles. The van der Waals surface area contributed by atoms with Gasteiger partial charge in [0.15, 0.2) is 5.78 Å². The Hall–Kier alpha value is -3.79. The zero-order valence-corrected chi connectivity index (χ0v) is 20.7. The maximum absolute atomic E-state index is 14.8. The summed E-state index contributed by atoms with van der Waals surface area (Å²) in [7, 11) is 0. The third-order valence-corrected chi connectivity index (χ3v) is 6.58. The molecule has 10 heteroatoms. The summed E-state index contributed by atoms with van der Waals surface area (Å²) in [5.41, 5.74) is 2.08. The van der Waals surface area contributed by atoms with Crippen LogP contribution in [-0.4, -0.2) is 56.0 Å². The Morgan fingerprint density at radius 2 is 1.81 bits per heavy atom. The van der Waals surface area contributed by atoms with Gasteiger partial charge in [-0.3, -0.25) is 19.3 Å². The van der Waals surface area contributed by atoms with Crippen molar-refractivity contribution in [3.05, 3.63) is 59.4 Å². The monoisotopic (exact) mass is 510 g/mol. The normalized spacial score (nSPS) is 17.8. The second kappa shape index (κ2) is 12.0. The van der Waals surface area contributed by atoms with Crippen molar-refractivity contribution in [1.29, 1.82) is 0 Å². The summed E-state index contributed by atoms with van der Waals surface area (Å²) in [4.78, 5) is 49.9. The number of cyclic esters (lactones) is 1. The van der Waals surface area contributed by atoms with Gasteiger partial charge < -0.3 is 20.7 Å². The van der Waals surface area contributed by atoms with E-state index in [0.29, 0.717) is 22.5 Å². The molecule has 3 amide bonds. The number of carbonyl (C=O) groups excluding carboxylic acids is 4. The van der Waals surface area contributed by atoms with E-state index in [1.165, 1.54) is 17.9 Å². The second-order valence-electron chi connectivity index (χ2n) is 9.30. The van der Waals surface area contributed by atoms with Gasteiger partial charge in [-0.05, 0) is 68.2 Å². The van der Waals surface area contributed by atoms with Crippen LogP contribution in [0.2, 0.25) is 0 Å². The summed E-state index contributed by atoms with van der Waals surface area (Å²) in [6, 6.07) is 11.2. The number of benzene rings is 2. The zero-order valence-electron chi connectivity index (χ0n) is 20.7. The van der Waals surface area contributed by atoms with Crippen molar-refractivity contribution in [3.63, 3.8) is 0 Å². The smallest absolute Gasteiger partial charge is 0.414 e. The average Bonchev–Trinajstić information content (AvgIpc) is 3.26. The van der Waals surface area contributed by atoms with Crippen molar-refractivity contribution < 1.29 is 28.3 Å². The summed E-state index contributed by atoms with van der Waals surface area (Å²) in [6.45, 7) is 3.28. The maximum Gasteiger partial charge on any atom is 0.414 e. The molecule has 0 aromatic heterocycles. The van der Waals surface area contributed by atoms with Crippen LogP contribution in [0.4, 0.5) is 20.6 Å². The lowest BCUT2D eigenvalue weighted by molar-refractivity contribution is -0.121. The number of rotatable bonds is 9. The first kappa shape index (κ1) is 26.3. The average molecular weight is 511 g/mol. The molecule has 2 aromatic rings. The topological polar surface area (TPSA) is 117 Å². The molecule has 1 unspecified atom stereocenters. The number of Topliss-reactive ketones (excluding diaryl/α,β-unsaturated/α-hetero) is 1. The highest BCUT2D eigenvalue weighted by Crippen LogP contribution is 2.36. The number of carbonyl (C=O) groups is 4. The van der Waals surface area contributed by atoms with Gasteiger partial charge in [0.25, 0.3) is 0 Å². The number of nitrogens with zero attached hydrogens (tertiary/aromatic N) is 1. The lowest BCUT2D eigenvalue weighted by Crippen LogP contribution is -2.35. The first-order valence-corrected chi connectivity index (χ1v) is 12.5. The Labute approximate surface area is 214 Å². The highest BCUT2D eigenvalue weighted by Gasteiger charge is 2.35. The SMILES string of the molecule is CC(=O)Nc1ccc(C(=O)CCC(=O)NCC2CN(c3cccc(F)c3C3CCNCC3)C(=O)O2)cc1. The van der Waals surface area contributed by atoms with E-state index in [2.05, 4.69) is 16.0 Å². The number of nitrogens with one attached hydrogen (secondary N) is 3. The van der Waals surface area contributed by atoms with Crippen molar-refractivity contribution in [2.24, 2.45) is 0 Å². The Balaban J connectivity index is 1.28. The molecule has 0 bridgehead atoms. The van der Waals surface area contributed by atoms with Crippen LogP contribution >= 0.6 is 0 Å². The summed E-state index contributed by atoms with van der Waals surface area (Å²) in [6.07, 6.45) is 0.421. The number of halogens is 1. The Kier molecular flexibility index (Phi) is 8.50. The van der Waals surface area contributed by atoms with Gasteiger partial charge in [-0.15, -0.1) is 0 Å². The zero-order chi connectivity index (χ0) is 26.4. The summed E-state index contributed by atoms with van der Waals surface area (Å²) >= 11 is 0. The quantitative estimate of drug-likeness (QED) is 0.446. The van der Waals surface area contributed by atoms with E-state index in [0.717, 1.165) is 25.9 Å². The van der Waals surface area contributed by atoms with Gasteiger partial charge in [0.05, 0.1) is 18.8 Å². The first-order chi connectivity index (χ1) is 17.8. The minimum absolute atomic E-state index is 0.0135. The van der Waals surface area contributed by atoms with Gasteiger partial charge in [-0.1, -0.05) is 6.07 Å². The van der Waals surface area contributed by atoms with Crippen molar-refractivity contribution in [2.75, 3.05) is 36.4 Å². The first-order valence-electron chi connectivity index (χ1n) is 12.5. The number of hydrogen-bond donors (Lipinski definition) is 3. The van der Waals surface area contributed by atoms with Crippen LogP contribution in [0.25, 0.3) is 0 Å². The highest BCUT2D eigenvalue weighted by atomic mass is 19.1. The minimum atomic E-state index is -0.586. The molecule has 2 aliphatic heterocycles. The largest absolute Gasteiger partial charge is 0.442 e. The minimum Gasteiger partial charge on any atom is -0.442 e. The van der Waals surface area contributed by atoms with Gasteiger partial charge in [0.1, 0.15) is 11.9 Å². The van der Waals surface area contributed by atoms with Crippen molar-refractivity contribution in [3.8, 4) is 0 Å². The van der Waals surface area contributed by atoms with Crippen molar-refractivity contribution in [2.45, 2.75) is 44.6 Å². The fourth-order valence-corrected chi connectivity index (χ4v) is 4.73. The molecule has 0 radical (unpaired) electrons. The molecule has 37 heavy (non-hydrogen) atoms. The van der Waals surface area contributed by atoms with Crippen LogP contribution in [0, 0.1) is 5.82 Å². The number of piperidine rings is 1. The van der Waals surface area contributed by atoms with Crippen molar-refractivity contribution in [1.82, 2.24) is 10.6 Å². The van der Waals surface area contributed by atoms with E-state index in [1.54, 1.807) is 36.4 Å². The van der Waals surface area contributed by atoms with E-state index in [9.17, 15) is 23.6 Å². The van der Waals surface area contributed by atoms with Gasteiger partial charge in [-0.25, -0.2) is 9.18 Å². The fraction of sp³-hybridized carbons (Fsp3) is 0.407. The van der Waals surface area contributed by atoms with Crippen LogP contribution in [0.15, 0.2) is 42.5 Å². The van der Waals surface area contributed by atoms with Gasteiger partial charge in [-0.2, -0.15) is 0 Å². The van der Waals surface area contributed by atoms with E-state index >= 15 is 0 Å². The summed E-state index contributed by atoms with van der Waals surface area (Å²) in [5, 5.41) is 8.62. The molecule has 2 saturated heterocycles. The standard InChI is InChI=1S/C27H31FN4O5/c1-17(33)31-20-7-5-18(6-8-20)24(34)9-10-25(35)30-15-21-16-32(27(36)37-21)23-4-2-3-22(28)26(23)19-11-13-29-14-12-19/h2-8,19,21,29H,9-16H2,1H3,(H,30,35)(H,31,33). The number of ketones is 1. The summed E-state index contributed by atoms with van der Waals surface area (Å²) in [5.74, 6) is -1.05. The molecule has 2 fully saturated rings. The molecule has 2 aromatic carbocycles. The Morgan fingerprint density at radius 3 is 2.51 bits per heavy atom. The van der Waals surface area contributed by atoms with Crippen LogP contribution in [0.1, 0.15) is 54.4 Å². The lowest BCUT2D eigenvalue weighted by Gasteiger charge is -2.27. The molecular formula is C27H31FN4O5. The highest BCUT2D eigenvalue weighted by molar-refractivity contribution is 5.98. The number of anilines is 2. The van der Waals surface area contributed by atoms with Crippen LogP contribution in [0.3, 0.4) is 0 Å². The maximum atomic E-state index is 14.8. The van der Waals surface area contributed by atoms with Crippen LogP contribution in [-0.2, 0) is 14.3 Å². The molecule has 4 rings (SSSR count). The van der Waals surface area contributed by atoms with Crippen LogP contribution in [0.5, 0.6) is 0 Å². The third kappa shape index (κ3) is 6.71. The number of hydrogen-bond acceptors (Lipinski definition) is 6. The van der Waals surface area contributed by atoms with E-state index in [-0.39, 0.29) is 55.3 Å². The molecular weight excluding hydrogens is 479 g/mol. The molecule has 0 saturated carbocycles. The second-order valence-corrected chi connectivity index (χ2v) is 9.30. The molecule has 2 aliphatic rings. The van der Waals surface area contributed by atoms with Gasteiger partial charge in [0, 0.05) is 36.6 Å². The van der Waals surface area contributed by atoms with E-state index in [1.807, 2.05) is 0 Å². The van der Waals surface area contributed by atoms with E-state index < -0.39 is 12.2 Å².